The summed E-state index contributed by atoms with van der Waals surface area (Å²) >= 11 is 1.68. The summed E-state index contributed by atoms with van der Waals surface area (Å²) in [6.07, 6.45) is 1.43. The van der Waals surface area contributed by atoms with E-state index in [1.165, 1.54) is 0 Å². The Morgan fingerprint density at radius 1 is 1.33 bits per heavy atom. The fourth-order valence-electron chi connectivity index (χ4n) is 2.08. The number of carbonyl (C=O) groups excluding carboxylic acids is 1. The smallest absolute Gasteiger partial charge is 0.407 e. The summed E-state index contributed by atoms with van der Waals surface area (Å²) in [6.45, 7) is 10.7. The zero-order valence-corrected chi connectivity index (χ0v) is 15.7. The van der Waals surface area contributed by atoms with E-state index in [4.69, 9.17) is 4.74 Å². The highest BCUT2D eigenvalue weighted by Crippen LogP contribution is 2.25. The van der Waals surface area contributed by atoms with Crippen LogP contribution in [-0.4, -0.2) is 34.0 Å². The van der Waals surface area contributed by atoms with Crippen LogP contribution in [0.4, 0.5) is 4.79 Å². The van der Waals surface area contributed by atoms with Gasteiger partial charge in [0.25, 0.3) is 0 Å². The third kappa shape index (κ3) is 5.65. The second-order valence-electron chi connectivity index (χ2n) is 7.34. The molecule has 0 aliphatic carbocycles. The lowest BCUT2D eigenvalue weighted by atomic mass is 10.1. The first-order chi connectivity index (χ1) is 11.2. The lowest BCUT2D eigenvalue weighted by Crippen LogP contribution is -2.49. The monoisotopic (exact) mass is 350 g/mol. The molecule has 0 aliphatic heterocycles. The van der Waals surface area contributed by atoms with Gasteiger partial charge in [0, 0.05) is 24.2 Å². The first-order valence-corrected chi connectivity index (χ1v) is 8.82. The Kier molecular flexibility index (Phi) is 5.66. The van der Waals surface area contributed by atoms with Crippen LogP contribution in [-0.2, 0) is 11.3 Å². The summed E-state index contributed by atoms with van der Waals surface area (Å²) in [5.74, 6) is 0. The van der Waals surface area contributed by atoms with Gasteiger partial charge in [0.15, 0.2) is 0 Å². The molecule has 0 atom stereocenters. The van der Waals surface area contributed by atoms with Gasteiger partial charge in [-0.25, -0.2) is 4.79 Å². The van der Waals surface area contributed by atoms with E-state index in [-0.39, 0.29) is 5.54 Å². The van der Waals surface area contributed by atoms with Crippen molar-refractivity contribution in [3.8, 4) is 10.6 Å². The molecule has 6 nitrogen and oxygen atoms in total. The standard InChI is InChI=1S/C17H26N4O2S/c1-16(2,3)23-15(22)18-11-17(4,5)19-9-12-10-20-21-14(12)13-7-6-8-24-13/h6-8,10,19H,9,11H2,1-5H3,(H,18,22)(H,20,21). The van der Waals surface area contributed by atoms with Gasteiger partial charge in [0.2, 0.25) is 0 Å². The third-order valence-electron chi connectivity index (χ3n) is 3.32. The van der Waals surface area contributed by atoms with Gasteiger partial charge in [-0.1, -0.05) is 6.07 Å². The number of nitrogens with zero attached hydrogens (tertiary/aromatic N) is 1. The molecule has 0 fully saturated rings. The van der Waals surface area contributed by atoms with Gasteiger partial charge >= 0.3 is 6.09 Å². The number of thiophene rings is 1. The number of carbonyl (C=O) groups is 1. The highest BCUT2D eigenvalue weighted by atomic mass is 32.1. The van der Waals surface area contributed by atoms with E-state index in [0.717, 1.165) is 16.1 Å². The molecule has 0 aliphatic rings. The molecule has 1 amide bonds. The molecule has 2 rings (SSSR count). The predicted octanol–water partition coefficient (Wildman–Crippen LogP) is 3.53. The maximum Gasteiger partial charge on any atom is 0.407 e. The van der Waals surface area contributed by atoms with Crippen molar-refractivity contribution in [2.24, 2.45) is 0 Å². The van der Waals surface area contributed by atoms with Crippen molar-refractivity contribution in [2.75, 3.05) is 6.54 Å². The summed E-state index contributed by atoms with van der Waals surface area (Å²) in [5.41, 5.74) is 1.37. The lowest BCUT2D eigenvalue weighted by molar-refractivity contribution is 0.0513. The molecule has 0 radical (unpaired) electrons. The molecule has 2 aromatic rings. The number of hydrogen-bond acceptors (Lipinski definition) is 5. The molecule has 132 valence electrons. The predicted molar refractivity (Wildman–Crippen MR) is 97.1 cm³/mol. The second kappa shape index (κ2) is 7.36. The van der Waals surface area contributed by atoms with Crippen LogP contribution in [0.25, 0.3) is 10.6 Å². The Hall–Kier alpha value is -1.86. The minimum atomic E-state index is -0.492. The number of amides is 1. The minimum Gasteiger partial charge on any atom is -0.444 e. The fourth-order valence-corrected chi connectivity index (χ4v) is 2.84. The second-order valence-corrected chi connectivity index (χ2v) is 8.29. The van der Waals surface area contributed by atoms with Crippen molar-refractivity contribution in [3.63, 3.8) is 0 Å². The number of aromatic nitrogens is 2. The van der Waals surface area contributed by atoms with Crippen LogP contribution < -0.4 is 10.6 Å². The van der Waals surface area contributed by atoms with Crippen LogP contribution >= 0.6 is 11.3 Å². The molecule has 2 heterocycles. The van der Waals surface area contributed by atoms with Crippen LogP contribution in [0.1, 0.15) is 40.2 Å². The first kappa shape index (κ1) is 18.5. The molecule has 2 aromatic heterocycles. The average molecular weight is 350 g/mol. The Bertz CT molecular complexity index is 656. The number of ether oxygens (including phenoxy) is 1. The lowest BCUT2D eigenvalue weighted by Gasteiger charge is -2.28. The number of alkyl carbamates (subject to hydrolysis) is 1. The van der Waals surface area contributed by atoms with Crippen LogP contribution in [0, 0.1) is 0 Å². The van der Waals surface area contributed by atoms with E-state index in [1.54, 1.807) is 11.3 Å². The van der Waals surface area contributed by atoms with E-state index in [9.17, 15) is 4.79 Å². The van der Waals surface area contributed by atoms with E-state index in [0.29, 0.717) is 13.1 Å². The molecule has 0 saturated carbocycles. The van der Waals surface area contributed by atoms with Crippen molar-refractivity contribution in [2.45, 2.75) is 52.3 Å². The van der Waals surface area contributed by atoms with Crippen molar-refractivity contribution in [1.29, 1.82) is 0 Å². The van der Waals surface area contributed by atoms with Crippen LogP contribution in [0.15, 0.2) is 23.7 Å². The molecular weight excluding hydrogens is 324 g/mol. The van der Waals surface area contributed by atoms with Gasteiger partial charge in [-0.2, -0.15) is 5.10 Å². The van der Waals surface area contributed by atoms with Gasteiger partial charge in [0.05, 0.1) is 16.8 Å². The molecule has 0 spiro atoms. The van der Waals surface area contributed by atoms with Crippen LogP contribution in [0.5, 0.6) is 0 Å². The minimum absolute atomic E-state index is 0.277. The zero-order chi connectivity index (χ0) is 17.8. The topological polar surface area (TPSA) is 79.0 Å². The van der Waals surface area contributed by atoms with E-state index in [1.807, 2.05) is 52.3 Å². The van der Waals surface area contributed by atoms with Crippen molar-refractivity contribution < 1.29 is 9.53 Å². The van der Waals surface area contributed by atoms with E-state index in [2.05, 4.69) is 26.9 Å². The van der Waals surface area contributed by atoms with Gasteiger partial charge in [0.1, 0.15) is 5.60 Å². The molecule has 0 aromatic carbocycles. The third-order valence-corrected chi connectivity index (χ3v) is 4.20. The summed E-state index contributed by atoms with van der Waals surface area (Å²) < 4.78 is 5.26. The normalized spacial score (nSPS) is 12.2. The molecule has 0 bridgehead atoms. The quantitative estimate of drug-likeness (QED) is 0.745. The fraction of sp³-hybridized carbons (Fsp3) is 0.529. The molecule has 7 heteroatoms. The number of hydrogen-bond donors (Lipinski definition) is 3. The molecule has 24 heavy (non-hydrogen) atoms. The zero-order valence-electron chi connectivity index (χ0n) is 14.9. The highest BCUT2D eigenvalue weighted by molar-refractivity contribution is 7.13. The van der Waals surface area contributed by atoms with Gasteiger partial charge in [-0.15, -0.1) is 11.3 Å². The summed E-state index contributed by atoms with van der Waals surface area (Å²) in [6, 6.07) is 4.09. The molecule has 0 unspecified atom stereocenters. The summed E-state index contributed by atoms with van der Waals surface area (Å²) in [5, 5.41) is 15.5. The van der Waals surface area contributed by atoms with E-state index < -0.39 is 11.7 Å². The van der Waals surface area contributed by atoms with Gasteiger partial charge < -0.3 is 15.4 Å². The maximum atomic E-state index is 11.8. The maximum absolute atomic E-state index is 11.8. The van der Waals surface area contributed by atoms with Crippen molar-refractivity contribution in [1.82, 2.24) is 20.8 Å². The first-order valence-electron chi connectivity index (χ1n) is 7.94. The Labute approximate surface area is 147 Å². The van der Waals surface area contributed by atoms with Crippen LogP contribution in [0.2, 0.25) is 0 Å². The Balaban J connectivity index is 1.87. The van der Waals surface area contributed by atoms with E-state index >= 15 is 0 Å². The number of aromatic amines is 1. The van der Waals surface area contributed by atoms with Crippen molar-refractivity contribution in [3.05, 3.63) is 29.3 Å². The summed E-state index contributed by atoms with van der Waals surface area (Å²) in [7, 11) is 0. The number of nitrogens with one attached hydrogen (secondary N) is 3. The Morgan fingerprint density at radius 2 is 2.08 bits per heavy atom. The molecular formula is C17H26N4O2S. The van der Waals surface area contributed by atoms with Crippen molar-refractivity contribution >= 4 is 17.4 Å². The average Bonchev–Trinajstić information content (AvgIpc) is 3.12. The Morgan fingerprint density at radius 3 is 2.71 bits per heavy atom. The number of H-pyrrole nitrogens is 1. The highest BCUT2D eigenvalue weighted by Gasteiger charge is 2.22. The van der Waals surface area contributed by atoms with Crippen LogP contribution in [0.3, 0.4) is 0 Å². The molecule has 3 N–H and O–H groups in total. The number of rotatable bonds is 6. The van der Waals surface area contributed by atoms with Gasteiger partial charge in [-0.3, -0.25) is 5.10 Å². The van der Waals surface area contributed by atoms with Gasteiger partial charge in [-0.05, 0) is 46.1 Å². The SMILES string of the molecule is CC(C)(CNC(=O)OC(C)(C)C)NCc1cn[nH]c1-c1cccs1. The summed E-state index contributed by atoms with van der Waals surface area (Å²) in [4.78, 5) is 12.9. The molecule has 0 saturated heterocycles. The largest absolute Gasteiger partial charge is 0.444 e.